The maximum Gasteiger partial charge on any atom is 0.483 e. The fourth-order valence-electron chi connectivity index (χ4n) is 9.26. The van der Waals surface area contributed by atoms with Gasteiger partial charge in [0, 0.05) is 26.7 Å². The van der Waals surface area contributed by atoms with Crippen molar-refractivity contribution >= 4 is 83.2 Å². The standard InChI is InChI=1S/C25H36FN5O16P2.C17H26FN5O15P2/c1-10-11(2)21(43-14(5)34)25(45-20(10)16(42-13(4)33)6-40-12(3)32)46-49(38,39)47-48(36,37)41-7-15-17(26)19(35)24(44-15)31-9-30-18-22(27)28-8-29-23(18)31;18-7-6(35-16(9(7)26)23-4-22-8-14(19)20-3-21-15(8)23)2-34-39(30,31)38-40(32,33)37-17-12(29)10(27)11(28)13(36-17)5(25)1-24/h8-11,15-17,19-21,24-25,35H,6-7H2,1-5H3,(H,36,37)(H,38,39)(H2,27,28,29);3-7,9-13,16-17,24-29H,1-2H2,(H,30,31)(H,32,33)(H2,19,20,21)/t10-,11-,15+,16+,17?,19-,20?,21?,24+,25-;5-,6-,7?,9+,10+,11+,12?,13?,16-,17+/m01/s1. The van der Waals surface area contributed by atoms with Gasteiger partial charge in [-0.1, -0.05) is 13.8 Å². The number of imidazole rings is 2. The molecular formula is C42H62F2N10O31P4. The third-order valence-electron chi connectivity index (χ3n) is 13.6. The molecule has 10 unspecified atom stereocenters. The van der Waals surface area contributed by atoms with Gasteiger partial charge in [-0.2, -0.15) is 8.62 Å². The molecule has 4 aliphatic heterocycles. The lowest BCUT2D eigenvalue weighted by atomic mass is 9.81. The molecule has 0 saturated carbocycles. The number of ether oxygens (including phenoxy) is 7. The van der Waals surface area contributed by atoms with E-state index in [0.29, 0.717) is 0 Å². The molecule has 0 amide bonds. The molecule has 24 atom stereocenters. The minimum atomic E-state index is -5.69. The van der Waals surface area contributed by atoms with Gasteiger partial charge in [-0.15, -0.1) is 0 Å². The van der Waals surface area contributed by atoms with Gasteiger partial charge in [-0.25, -0.2) is 56.9 Å². The number of fused-ring (bicyclic) bond motifs is 2. The minimum absolute atomic E-state index is 0.00105. The van der Waals surface area contributed by atoms with Gasteiger partial charge in [0.25, 0.3) is 0 Å². The van der Waals surface area contributed by atoms with E-state index in [0.717, 1.165) is 55.2 Å². The van der Waals surface area contributed by atoms with Crippen LogP contribution < -0.4 is 11.5 Å². The summed E-state index contributed by atoms with van der Waals surface area (Å²) >= 11 is 0. The van der Waals surface area contributed by atoms with Gasteiger partial charge < -0.3 is 99.9 Å². The van der Waals surface area contributed by atoms with E-state index in [1.807, 2.05) is 0 Å². The van der Waals surface area contributed by atoms with Gasteiger partial charge in [0.1, 0.15) is 91.3 Å². The second kappa shape index (κ2) is 28.9. The summed E-state index contributed by atoms with van der Waals surface area (Å²) in [7, 11) is -22.5. The zero-order valence-electron chi connectivity index (χ0n) is 46.5. The first-order chi connectivity index (χ1) is 41.5. The van der Waals surface area contributed by atoms with E-state index in [9.17, 15) is 87.2 Å². The second-order valence-electron chi connectivity index (χ2n) is 19.9. The number of carbonyl (C=O) groups excluding carboxylic acids is 3. The summed E-state index contributed by atoms with van der Waals surface area (Å²) in [4.78, 5) is 99.1. The quantitative estimate of drug-likeness (QED) is 0.0201. The van der Waals surface area contributed by atoms with Crippen LogP contribution in [0.15, 0.2) is 25.3 Å². The maximum atomic E-state index is 15.0. The van der Waals surface area contributed by atoms with Gasteiger partial charge in [0.15, 0.2) is 66.2 Å². The highest BCUT2D eigenvalue weighted by atomic mass is 31.3. The summed E-state index contributed by atoms with van der Waals surface area (Å²) in [5.74, 6) is -3.71. The van der Waals surface area contributed by atoms with Crippen molar-refractivity contribution in [3.05, 3.63) is 25.3 Å². The summed E-state index contributed by atoms with van der Waals surface area (Å²) in [6.45, 7) is 2.75. The van der Waals surface area contributed by atoms with E-state index in [-0.39, 0.29) is 34.0 Å². The van der Waals surface area contributed by atoms with Crippen LogP contribution >= 0.6 is 31.3 Å². The third-order valence-corrected chi connectivity index (χ3v) is 18.8. The highest BCUT2D eigenvalue weighted by Gasteiger charge is 2.54. The number of aliphatic hydroxyl groups is 7. The van der Waals surface area contributed by atoms with Gasteiger partial charge in [-0.05, 0) is 5.92 Å². The number of hydrogen-bond donors (Lipinski definition) is 13. The molecule has 41 nitrogen and oxygen atoms in total. The van der Waals surface area contributed by atoms with Crippen molar-refractivity contribution in [1.82, 2.24) is 39.0 Å². The van der Waals surface area contributed by atoms with Gasteiger partial charge in [-0.3, -0.25) is 41.6 Å². The summed E-state index contributed by atoms with van der Waals surface area (Å²) in [5, 5.41) is 69.2. The summed E-state index contributed by atoms with van der Waals surface area (Å²) in [5.41, 5.74) is 11.9. The van der Waals surface area contributed by atoms with Crippen LogP contribution in [-0.4, -0.2) is 237 Å². The first kappa shape index (κ1) is 71.5. The molecule has 0 bridgehead atoms. The number of phosphoric ester groups is 4. The maximum absolute atomic E-state index is 15.0. The molecule has 0 aromatic carbocycles. The number of hydrogen-bond acceptors (Lipinski definition) is 35. The molecule has 4 saturated heterocycles. The molecule has 0 radical (unpaired) electrons. The number of nitrogens with two attached hydrogens (primary N) is 2. The Labute approximate surface area is 498 Å². The highest BCUT2D eigenvalue weighted by molar-refractivity contribution is 7.61. The van der Waals surface area contributed by atoms with Gasteiger partial charge in [0.2, 0.25) is 6.29 Å². The smallest absolute Gasteiger partial charge is 0.462 e. The number of aromatic nitrogens is 8. The second-order valence-corrected chi connectivity index (χ2v) is 25.9. The molecule has 0 spiro atoms. The Morgan fingerprint density at radius 2 is 1.08 bits per heavy atom. The number of alkyl halides is 2. The average Bonchev–Trinajstić information content (AvgIpc) is 2.07. The molecule has 47 heteroatoms. The first-order valence-corrected chi connectivity index (χ1v) is 31.8. The normalized spacial score (nSPS) is 34.0. The Bertz CT molecular complexity index is 3350. The highest BCUT2D eigenvalue weighted by Crippen LogP contribution is 2.63. The van der Waals surface area contributed by atoms with E-state index in [4.69, 9.17) is 58.8 Å². The monoisotopic (exact) mass is 1360 g/mol. The van der Waals surface area contributed by atoms with Crippen LogP contribution in [0.1, 0.15) is 47.1 Å². The van der Waals surface area contributed by atoms with E-state index >= 15 is 4.39 Å². The summed E-state index contributed by atoms with van der Waals surface area (Å²) in [6.07, 6.45) is -28.0. The minimum Gasteiger partial charge on any atom is -0.462 e. The number of carbonyl (C=O) groups is 3. The average molecular weight is 1360 g/mol. The predicted molar refractivity (Wildman–Crippen MR) is 279 cm³/mol. The fraction of sp³-hybridized carbons (Fsp3) is 0.690. The zero-order valence-corrected chi connectivity index (χ0v) is 50.1. The molecular weight excluding hydrogens is 1300 g/mol. The van der Waals surface area contributed by atoms with Crippen LogP contribution in [0.2, 0.25) is 0 Å². The van der Waals surface area contributed by atoms with Crippen molar-refractivity contribution in [2.45, 2.75) is 145 Å². The number of nitrogens with zero attached hydrogens (tertiary/aromatic N) is 8. The van der Waals surface area contributed by atoms with Crippen molar-refractivity contribution < 1.29 is 157 Å². The van der Waals surface area contributed by atoms with Crippen molar-refractivity contribution in [2.75, 3.05) is 37.9 Å². The number of phosphoric acid groups is 4. The predicted octanol–water partition coefficient (Wildman–Crippen LogP) is -2.90. The Morgan fingerprint density at radius 3 is 1.52 bits per heavy atom. The molecule has 8 rings (SSSR count). The third kappa shape index (κ3) is 17.2. The number of rotatable bonds is 23. The Kier molecular flexibility index (Phi) is 23.2. The molecule has 4 aromatic heterocycles. The first-order valence-electron chi connectivity index (χ1n) is 25.8. The van der Waals surface area contributed by atoms with Crippen LogP contribution in [0.3, 0.4) is 0 Å². The molecule has 8 heterocycles. The molecule has 4 fully saturated rings. The number of esters is 3. The van der Waals surface area contributed by atoms with Crippen molar-refractivity contribution in [3.63, 3.8) is 0 Å². The van der Waals surface area contributed by atoms with Gasteiger partial charge >= 0.3 is 49.2 Å². The van der Waals surface area contributed by atoms with E-state index < -0.39 is 198 Å². The molecule has 500 valence electrons. The van der Waals surface area contributed by atoms with Crippen LogP contribution in [-0.2, 0) is 92.5 Å². The topological polar surface area (TPSA) is 601 Å². The Hall–Kier alpha value is -4.95. The molecule has 0 aliphatic carbocycles. The molecule has 15 N–H and O–H groups in total. The van der Waals surface area contributed by atoms with Crippen LogP contribution in [0.25, 0.3) is 22.3 Å². The lowest BCUT2D eigenvalue weighted by Crippen LogP contribution is -2.61. The zero-order chi connectivity index (χ0) is 66.0. The summed E-state index contributed by atoms with van der Waals surface area (Å²) in [6, 6.07) is 0. The van der Waals surface area contributed by atoms with Crippen molar-refractivity contribution in [2.24, 2.45) is 11.8 Å². The van der Waals surface area contributed by atoms with E-state index in [1.165, 1.54) is 0 Å². The number of aliphatic hydroxyl groups excluding tert-OH is 7. The number of anilines is 2. The number of nitrogen functional groups attached to an aromatic ring is 2. The van der Waals surface area contributed by atoms with Crippen molar-refractivity contribution in [3.8, 4) is 0 Å². The lowest BCUT2D eigenvalue weighted by Gasteiger charge is -2.45. The molecule has 4 aromatic rings. The van der Waals surface area contributed by atoms with Crippen LogP contribution in [0.4, 0.5) is 20.4 Å². The Balaban J connectivity index is 0.000000259. The van der Waals surface area contributed by atoms with Crippen LogP contribution in [0.5, 0.6) is 0 Å². The van der Waals surface area contributed by atoms with E-state index in [1.54, 1.807) is 13.8 Å². The largest absolute Gasteiger partial charge is 0.483 e. The lowest BCUT2D eigenvalue weighted by molar-refractivity contribution is -0.292. The molecule has 89 heavy (non-hydrogen) atoms. The fourth-order valence-corrected chi connectivity index (χ4v) is 13.6. The summed E-state index contributed by atoms with van der Waals surface area (Å²) < 4.78 is 147. The van der Waals surface area contributed by atoms with E-state index in [2.05, 4.69) is 47.6 Å². The SMILES string of the molecule is CC(=O)OC[C@@H](OC(C)=O)C1O[C@@H](OP(=O)(O)OP(=O)(O)OC[C@H]2O[C@@H](n3cnc4c(N)ncnc43)[C@@H](O)C2F)C(OC(C)=O)[C@@H](C)[C@@H]1C.Nc1ncnc2c1ncn2[C@@H]1O[C@H](COP(=O)(O)OP(=O)(O)O[C@@H]2OC([C@H](O)CO)[C@@H](O)[C@H](O)C2O)C(F)[C@@H]1O. The Morgan fingerprint density at radius 1 is 0.618 bits per heavy atom. The van der Waals surface area contributed by atoms with Crippen LogP contribution in [0, 0.1) is 11.8 Å². The van der Waals surface area contributed by atoms with Crippen molar-refractivity contribution in [1.29, 1.82) is 0 Å². The molecule has 4 aliphatic rings. The van der Waals surface area contributed by atoms with Gasteiger partial charge in [0.05, 0.1) is 32.5 Å². The number of halogens is 2.